The van der Waals surface area contributed by atoms with Gasteiger partial charge >= 0.3 is 0 Å². The highest BCUT2D eigenvalue weighted by molar-refractivity contribution is 7.91. The average Bonchev–Trinajstić information content (AvgIpc) is 2.90. The second-order valence-corrected chi connectivity index (χ2v) is 9.60. The number of ether oxygens (including phenoxy) is 4. The van der Waals surface area contributed by atoms with Gasteiger partial charge in [-0.05, 0) is 35.4 Å². The van der Waals surface area contributed by atoms with Gasteiger partial charge in [-0.3, -0.25) is 10.0 Å². The maximum atomic E-state index is 13.7. The van der Waals surface area contributed by atoms with Crippen LogP contribution in [0.1, 0.15) is 22.8 Å². The number of amides is 1. The summed E-state index contributed by atoms with van der Waals surface area (Å²) in [4.78, 5) is 12.0. The van der Waals surface area contributed by atoms with Gasteiger partial charge in [-0.15, -0.1) is 0 Å². The molecule has 9 nitrogen and oxygen atoms in total. The highest BCUT2D eigenvalue weighted by atomic mass is 32.2. The number of sulfone groups is 1. The summed E-state index contributed by atoms with van der Waals surface area (Å²) in [5.41, 5.74) is 2.71. The molecule has 0 saturated carbocycles. The molecule has 0 aliphatic rings. The Hall–Kier alpha value is -3.76. The van der Waals surface area contributed by atoms with E-state index in [1.807, 2.05) is 30.3 Å². The third kappa shape index (κ3) is 6.03. The highest BCUT2D eigenvalue weighted by Gasteiger charge is 2.33. The Morgan fingerprint density at radius 1 is 0.857 bits per heavy atom. The molecule has 3 aromatic rings. The van der Waals surface area contributed by atoms with Gasteiger partial charge in [0.05, 0.1) is 31.5 Å². The molecule has 1 atom stereocenters. The largest absolute Gasteiger partial charge is 0.493 e. The van der Waals surface area contributed by atoms with E-state index >= 15 is 0 Å². The summed E-state index contributed by atoms with van der Waals surface area (Å²) in [5.74, 6) is 0.434. The number of carbonyl (C=O) groups is 1. The Bertz CT molecular complexity index is 1260. The lowest BCUT2D eigenvalue weighted by atomic mass is 10.1. The van der Waals surface area contributed by atoms with Crippen molar-refractivity contribution in [2.45, 2.75) is 23.2 Å². The maximum Gasteiger partial charge on any atom is 0.244 e. The normalized spacial score (nSPS) is 11.9. The van der Waals surface area contributed by atoms with E-state index in [1.165, 1.54) is 51.1 Å². The molecule has 0 bridgehead atoms. The molecule has 3 rings (SSSR count). The van der Waals surface area contributed by atoms with Crippen molar-refractivity contribution in [1.82, 2.24) is 5.48 Å². The molecule has 2 N–H and O–H groups in total. The van der Waals surface area contributed by atoms with Gasteiger partial charge in [0.2, 0.25) is 5.91 Å². The van der Waals surface area contributed by atoms with Crippen LogP contribution in [0.5, 0.6) is 23.0 Å². The lowest BCUT2D eigenvalue weighted by molar-refractivity contribution is -0.129. The summed E-state index contributed by atoms with van der Waals surface area (Å²) >= 11 is 0. The molecule has 35 heavy (non-hydrogen) atoms. The van der Waals surface area contributed by atoms with Crippen molar-refractivity contribution in [3.8, 4) is 23.0 Å². The molecule has 0 heterocycles. The molecule has 0 aliphatic carbocycles. The number of hydrogen-bond acceptors (Lipinski definition) is 8. The van der Waals surface area contributed by atoms with Crippen LogP contribution in [-0.4, -0.2) is 40.9 Å². The molecular weight excluding hydrogens is 474 g/mol. The van der Waals surface area contributed by atoms with E-state index in [-0.39, 0.29) is 22.8 Å². The van der Waals surface area contributed by atoms with Crippen LogP contribution in [0.3, 0.4) is 0 Å². The fourth-order valence-corrected chi connectivity index (χ4v) is 5.25. The van der Waals surface area contributed by atoms with Crippen molar-refractivity contribution in [1.29, 1.82) is 0 Å². The Morgan fingerprint density at radius 3 is 2.11 bits per heavy atom. The van der Waals surface area contributed by atoms with Crippen LogP contribution in [0.2, 0.25) is 0 Å². The van der Waals surface area contributed by atoms with Gasteiger partial charge < -0.3 is 18.9 Å². The molecule has 0 saturated heterocycles. The van der Waals surface area contributed by atoms with Crippen LogP contribution < -0.4 is 24.4 Å². The minimum atomic E-state index is -4.12. The first-order valence-electron chi connectivity index (χ1n) is 10.6. The van der Waals surface area contributed by atoms with E-state index in [0.717, 1.165) is 5.56 Å². The Kier molecular flexibility index (Phi) is 8.56. The predicted octanol–water partition coefficient (Wildman–Crippen LogP) is 3.70. The van der Waals surface area contributed by atoms with Gasteiger partial charge in [0.15, 0.2) is 32.8 Å². The van der Waals surface area contributed by atoms with Crippen LogP contribution in [0.25, 0.3) is 0 Å². The Labute approximate surface area is 204 Å². The number of rotatable bonds is 11. The number of carbonyl (C=O) groups excluding carboxylic acids is 1. The van der Waals surface area contributed by atoms with Crippen molar-refractivity contribution in [3.05, 3.63) is 77.9 Å². The molecule has 10 heteroatoms. The standard InChI is InChI=1S/C25H27NO8S/c1-31-20-12-10-19(14-22(20)33-3)35(29,30)24(15-25(27)26-28)18-9-11-21(32-2)23(13-18)34-16-17-7-5-4-6-8-17/h4-14,24,28H,15-16H2,1-3H3,(H,26,27). The minimum Gasteiger partial charge on any atom is -0.493 e. The Balaban J connectivity index is 2.04. The first kappa shape index (κ1) is 25.9. The third-order valence-corrected chi connectivity index (χ3v) is 7.45. The predicted molar refractivity (Wildman–Crippen MR) is 128 cm³/mol. The maximum absolute atomic E-state index is 13.7. The molecule has 0 fully saturated rings. The summed E-state index contributed by atoms with van der Waals surface area (Å²) in [6, 6.07) is 18.2. The third-order valence-electron chi connectivity index (χ3n) is 5.35. The number of hydroxylamine groups is 1. The lowest BCUT2D eigenvalue weighted by Crippen LogP contribution is -2.25. The molecule has 1 unspecified atom stereocenters. The Morgan fingerprint density at radius 2 is 1.49 bits per heavy atom. The highest BCUT2D eigenvalue weighted by Crippen LogP contribution is 2.39. The van der Waals surface area contributed by atoms with Gasteiger partial charge in [0.25, 0.3) is 0 Å². The van der Waals surface area contributed by atoms with Gasteiger partial charge in [-0.25, -0.2) is 13.9 Å². The van der Waals surface area contributed by atoms with Crippen molar-refractivity contribution in [2.75, 3.05) is 21.3 Å². The van der Waals surface area contributed by atoms with Crippen molar-refractivity contribution in [3.63, 3.8) is 0 Å². The smallest absolute Gasteiger partial charge is 0.244 e. The van der Waals surface area contributed by atoms with E-state index in [0.29, 0.717) is 17.2 Å². The molecule has 0 aromatic heterocycles. The monoisotopic (exact) mass is 501 g/mol. The fourth-order valence-electron chi connectivity index (χ4n) is 3.52. The number of benzene rings is 3. The van der Waals surface area contributed by atoms with E-state index < -0.39 is 27.4 Å². The first-order valence-corrected chi connectivity index (χ1v) is 12.1. The molecule has 3 aromatic carbocycles. The topological polar surface area (TPSA) is 120 Å². The van der Waals surface area contributed by atoms with Gasteiger partial charge in [0.1, 0.15) is 6.61 Å². The summed E-state index contributed by atoms with van der Waals surface area (Å²) in [6.07, 6.45) is -0.530. The van der Waals surface area contributed by atoms with Gasteiger partial charge in [-0.1, -0.05) is 36.4 Å². The zero-order valence-corrected chi connectivity index (χ0v) is 20.4. The minimum absolute atomic E-state index is 0.0755. The zero-order chi connectivity index (χ0) is 25.4. The molecule has 186 valence electrons. The molecule has 0 spiro atoms. The number of methoxy groups -OCH3 is 3. The second-order valence-electron chi connectivity index (χ2n) is 7.47. The molecular formula is C25H27NO8S. The first-order chi connectivity index (χ1) is 16.8. The van der Waals surface area contributed by atoms with E-state index in [1.54, 1.807) is 12.1 Å². The zero-order valence-electron chi connectivity index (χ0n) is 19.6. The van der Waals surface area contributed by atoms with Gasteiger partial charge in [-0.2, -0.15) is 0 Å². The van der Waals surface area contributed by atoms with Crippen LogP contribution in [0.15, 0.2) is 71.6 Å². The number of nitrogens with one attached hydrogen (secondary N) is 1. The molecule has 0 aliphatic heterocycles. The lowest BCUT2D eigenvalue weighted by Gasteiger charge is -2.20. The van der Waals surface area contributed by atoms with Crippen LogP contribution in [0.4, 0.5) is 0 Å². The van der Waals surface area contributed by atoms with Crippen molar-refractivity contribution in [2.24, 2.45) is 0 Å². The quantitative estimate of drug-likeness (QED) is 0.301. The van der Waals surface area contributed by atoms with Crippen LogP contribution in [-0.2, 0) is 21.2 Å². The average molecular weight is 502 g/mol. The van der Waals surface area contributed by atoms with Crippen molar-refractivity contribution >= 4 is 15.7 Å². The SMILES string of the molecule is COc1ccc(S(=O)(=O)C(CC(=O)NO)c2ccc(OC)c(OCc3ccccc3)c2)cc1OC. The summed E-state index contributed by atoms with van der Waals surface area (Å²) in [7, 11) is 0.182. The van der Waals surface area contributed by atoms with Crippen LogP contribution in [0, 0.1) is 0 Å². The van der Waals surface area contributed by atoms with E-state index in [2.05, 4.69) is 0 Å². The summed E-state index contributed by atoms with van der Waals surface area (Å²) < 4.78 is 49.0. The van der Waals surface area contributed by atoms with Crippen molar-refractivity contribution < 1.29 is 37.4 Å². The summed E-state index contributed by atoms with van der Waals surface area (Å²) in [6.45, 7) is 0.227. The second kappa shape index (κ2) is 11.6. The molecule has 1 amide bonds. The van der Waals surface area contributed by atoms with E-state index in [4.69, 9.17) is 24.2 Å². The fraction of sp³-hybridized carbons (Fsp3) is 0.240. The van der Waals surface area contributed by atoms with E-state index in [9.17, 15) is 13.2 Å². The van der Waals surface area contributed by atoms with Gasteiger partial charge in [0, 0.05) is 12.5 Å². The van der Waals surface area contributed by atoms with Crippen LogP contribution >= 0.6 is 0 Å². The number of hydrogen-bond donors (Lipinski definition) is 2. The molecule has 0 radical (unpaired) electrons. The summed E-state index contributed by atoms with van der Waals surface area (Å²) in [5, 5.41) is 7.75.